The molecule has 1 amide bonds. The standard InChI is InChI=1S/C23H44INO6S/c1-22(2,3)8-11-27-12-13-28-14-15-29-16-17-30-18-19-31-21(26)25-9-6-20(7-10-25)32-23(4,5)24/h20H,6-19H2,1-5H3. The molecule has 0 atom stereocenters. The summed E-state index contributed by atoms with van der Waals surface area (Å²) in [6.45, 7) is 17.3. The van der Waals surface area contributed by atoms with Gasteiger partial charge < -0.3 is 28.6 Å². The Balaban J connectivity index is 1.85. The Bertz CT molecular complexity index is 490. The van der Waals surface area contributed by atoms with Crippen LogP contribution in [0.4, 0.5) is 4.79 Å². The molecule has 0 aromatic rings. The van der Waals surface area contributed by atoms with Gasteiger partial charge in [0, 0.05) is 24.9 Å². The van der Waals surface area contributed by atoms with Crippen LogP contribution in [0.3, 0.4) is 0 Å². The summed E-state index contributed by atoms with van der Waals surface area (Å²) in [4.78, 5) is 13.9. The lowest BCUT2D eigenvalue weighted by molar-refractivity contribution is -0.00961. The molecule has 1 heterocycles. The normalized spacial score (nSPS) is 15.9. The Kier molecular flexibility index (Phi) is 15.8. The second-order valence-corrected chi connectivity index (χ2v) is 14.9. The summed E-state index contributed by atoms with van der Waals surface area (Å²) < 4.78 is 27.5. The molecule has 9 heteroatoms. The molecule has 0 spiro atoms. The largest absolute Gasteiger partial charge is 0.447 e. The number of thioether (sulfide) groups is 1. The predicted molar refractivity (Wildman–Crippen MR) is 139 cm³/mol. The van der Waals surface area contributed by atoms with Gasteiger partial charge in [-0.15, -0.1) is 11.8 Å². The van der Waals surface area contributed by atoms with Crippen LogP contribution in [0.5, 0.6) is 0 Å². The van der Waals surface area contributed by atoms with Crippen LogP contribution < -0.4 is 0 Å². The highest BCUT2D eigenvalue weighted by molar-refractivity contribution is 14.1. The highest BCUT2D eigenvalue weighted by atomic mass is 127. The number of carbonyl (C=O) groups excluding carboxylic acids is 1. The van der Waals surface area contributed by atoms with Crippen LogP contribution in [0.15, 0.2) is 0 Å². The molecule has 1 saturated heterocycles. The van der Waals surface area contributed by atoms with Gasteiger partial charge in [0.05, 0.1) is 49.0 Å². The number of piperidine rings is 1. The minimum absolute atomic E-state index is 0.235. The zero-order chi connectivity index (χ0) is 23.9. The lowest BCUT2D eigenvalue weighted by atomic mass is 9.93. The minimum Gasteiger partial charge on any atom is -0.447 e. The van der Waals surface area contributed by atoms with Gasteiger partial charge in [-0.25, -0.2) is 4.79 Å². The van der Waals surface area contributed by atoms with Gasteiger partial charge >= 0.3 is 6.09 Å². The molecule has 190 valence electrons. The molecule has 32 heavy (non-hydrogen) atoms. The van der Waals surface area contributed by atoms with E-state index in [1.54, 1.807) is 4.90 Å². The first-order chi connectivity index (χ1) is 15.1. The Labute approximate surface area is 213 Å². The number of carbonyl (C=O) groups is 1. The van der Waals surface area contributed by atoms with Crippen molar-refractivity contribution in [2.24, 2.45) is 5.41 Å². The monoisotopic (exact) mass is 589 g/mol. The van der Waals surface area contributed by atoms with Crippen LogP contribution in [-0.4, -0.2) is 91.5 Å². The van der Waals surface area contributed by atoms with Crippen molar-refractivity contribution in [1.29, 1.82) is 0 Å². The molecular formula is C23H44INO6S. The molecule has 0 radical (unpaired) electrons. The lowest BCUT2D eigenvalue weighted by Crippen LogP contribution is -2.40. The maximum atomic E-state index is 12.1. The molecule has 1 aliphatic rings. The number of nitrogens with zero attached hydrogens (tertiary/aromatic N) is 1. The summed E-state index contributed by atoms with van der Waals surface area (Å²) in [5, 5.41) is 0.617. The third-order valence-electron chi connectivity index (χ3n) is 4.71. The van der Waals surface area contributed by atoms with E-state index in [-0.39, 0.29) is 15.5 Å². The van der Waals surface area contributed by atoms with Crippen molar-refractivity contribution in [1.82, 2.24) is 4.90 Å². The van der Waals surface area contributed by atoms with Crippen LogP contribution in [0.1, 0.15) is 53.9 Å². The number of halogens is 1. The maximum absolute atomic E-state index is 12.1. The number of hydrogen-bond acceptors (Lipinski definition) is 7. The molecule has 0 unspecified atom stereocenters. The summed E-state index contributed by atoms with van der Waals surface area (Å²) in [7, 11) is 0. The lowest BCUT2D eigenvalue weighted by Gasteiger charge is -2.33. The molecule has 0 saturated carbocycles. The van der Waals surface area contributed by atoms with E-state index < -0.39 is 0 Å². The Morgan fingerprint density at radius 1 is 0.812 bits per heavy atom. The Hall–Kier alpha value is 0.190. The fourth-order valence-corrected chi connectivity index (χ4v) is 5.29. The van der Waals surface area contributed by atoms with E-state index in [0.717, 1.165) is 39.0 Å². The number of ether oxygens (including phenoxy) is 5. The van der Waals surface area contributed by atoms with E-state index in [4.69, 9.17) is 23.7 Å². The molecule has 0 aliphatic carbocycles. The molecule has 1 rings (SSSR count). The molecule has 0 aromatic heterocycles. The second-order valence-electron chi connectivity index (χ2n) is 9.54. The maximum Gasteiger partial charge on any atom is 0.409 e. The van der Waals surface area contributed by atoms with Crippen molar-refractivity contribution in [2.75, 3.05) is 72.6 Å². The summed E-state index contributed by atoms with van der Waals surface area (Å²) in [5.74, 6) is 0. The first-order valence-electron chi connectivity index (χ1n) is 11.7. The van der Waals surface area contributed by atoms with Crippen LogP contribution in [0.2, 0.25) is 0 Å². The first-order valence-corrected chi connectivity index (χ1v) is 13.6. The predicted octanol–water partition coefficient (Wildman–Crippen LogP) is 4.99. The average molecular weight is 590 g/mol. The van der Waals surface area contributed by atoms with Gasteiger partial charge in [0.2, 0.25) is 0 Å². The zero-order valence-electron chi connectivity index (χ0n) is 20.7. The SMILES string of the molecule is CC(C)(C)CCOCCOCCOCCOCCOC(=O)N1CCC(SC(C)(C)I)CC1. The molecule has 0 bridgehead atoms. The number of amides is 1. The van der Waals surface area contributed by atoms with Crippen molar-refractivity contribution < 1.29 is 28.5 Å². The van der Waals surface area contributed by atoms with Gasteiger partial charge in [0.15, 0.2) is 0 Å². The van der Waals surface area contributed by atoms with Crippen molar-refractivity contribution in [3.05, 3.63) is 0 Å². The van der Waals surface area contributed by atoms with Gasteiger partial charge in [-0.1, -0.05) is 43.4 Å². The van der Waals surface area contributed by atoms with E-state index in [1.165, 1.54) is 0 Å². The van der Waals surface area contributed by atoms with Crippen LogP contribution in [0, 0.1) is 5.41 Å². The number of rotatable bonds is 16. The fourth-order valence-electron chi connectivity index (χ4n) is 2.97. The number of likely N-dealkylation sites (tertiary alicyclic amines) is 1. The second kappa shape index (κ2) is 16.8. The minimum atomic E-state index is -0.235. The molecule has 1 aliphatic heterocycles. The first kappa shape index (κ1) is 30.2. The molecular weight excluding hydrogens is 545 g/mol. The summed E-state index contributed by atoms with van der Waals surface area (Å²) in [5.41, 5.74) is 0.306. The van der Waals surface area contributed by atoms with Crippen LogP contribution in [0.25, 0.3) is 0 Å². The molecule has 0 aromatic carbocycles. The highest BCUT2D eigenvalue weighted by Crippen LogP contribution is 2.38. The van der Waals surface area contributed by atoms with Gasteiger partial charge in [-0.05, 0) is 38.5 Å². The van der Waals surface area contributed by atoms with Gasteiger partial charge in [0.1, 0.15) is 6.61 Å². The third kappa shape index (κ3) is 17.6. The third-order valence-corrected chi connectivity index (χ3v) is 6.84. The summed E-state index contributed by atoms with van der Waals surface area (Å²) in [6.07, 6.45) is 2.86. The van der Waals surface area contributed by atoms with E-state index in [0.29, 0.717) is 56.9 Å². The smallest absolute Gasteiger partial charge is 0.409 e. The van der Waals surface area contributed by atoms with Gasteiger partial charge in [-0.2, -0.15) is 0 Å². The van der Waals surface area contributed by atoms with Crippen molar-refractivity contribution in [2.45, 2.75) is 61.9 Å². The summed E-state index contributed by atoms with van der Waals surface area (Å²) in [6, 6.07) is 0. The van der Waals surface area contributed by atoms with E-state index in [9.17, 15) is 4.79 Å². The molecule has 1 fully saturated rings. The van der Waals surface area contributed by atoms with E-state index >= 15 is 0 Å². The highest BCUT2D eigenvalue weighted by Gasteiger charge is 2.27. The van der Waals surface area contributed by atoms with E-state index in [2.05, 4.69) is 57.2 Å². The topological polar surface area (TPSA) is 66.5 Å². The quantitative estimate of drug-likeness (QED) is 0.143. The van der Waals surface area contributed by atoms with E-state index in [1.807, 2.05) is 11.8 Å². The average Bonchev–Trinajstić information content (AvgIpc) is 2.69. The van der Waals surface area contributed by atoms with Crippen LogP contribution in [-0.2, 0) is 23.7 Å². The van der Waals surface area contributed by atoms with Crippen molar-refractivity contribution in [3.8, 4) is 0 Å². The van der Waals surface area contributed by atoms with Crippen molar-refractivity contribution >= 4 is 40.4 Å². The fraction of sp³-hybridized carbons (Fsp3) is 0.957. The van der Waals surface area contributed by atoms with Crippen LogP contribution >= 0.6 is 34.4 Å². The zero-order valence-corrected chi connectivity index (χ0v) is 23.6. The number of hydrogen-bond donors (Lipinski definition) is 0. The molecule has 7 nitrogen and oxygen atoms in total. The summed E-state index contributed by atoms with van der Waals surface area (Å²) >= 11 is 4.46. The van der Waals surface area contributed by atoms with Gasteiger partial charge in [0.25, 0.3) is 0 Å². The van der Waals surface area contributed by atoms with Crippen molar-refractivity contribution in [3.63, 3.8) is 0 Å². The Morgan fingerprint density at radius 3 is 1.69 bits per heavy atom. The Morgan fingerprint density at radius 2 is 1.25 bits per heavy atom. The number of alkyl halides is 1. The van der Waals surface area contributed by atoms with Gasteiger partial charge in [-0.3, -0.25) is 0 Å². The molecule has 0 N–H and O–H groups in total.